The molecule has 0 spiro atoms. The van der Waals surface area contributed by atoms with Crippen molar-refractivity contribution in [2.24, 2.45) is 5.92 Å². The molecule has 0 fully saturated rings. The van der Waals surface area contributed by atoms with E-state index in [1.54, 1.807) is 0 Å². The first-order chi connectivity index (χ1) is 10.0. The zero-order valence-electron chi connectivity index (χ0n) is 12.9. The highest BCUT2D eigenvalue weighted by Crippen LogP contribution is 2.25. The fourth-order valence-corrected chi connectivity index (χ4v) is 3.16. The van der Waals surface area contributed by atoms with Gasteiger partial charge in [0.05, 0.1) is 15.9 Å². The summed E-state index contributed by atoms with van der Waals surface area (Å²) in [5.41, 5.74) is 4.74. The molecule has 0 saturated heterocycles. The first-order valence-corrected chi connectivity index (χ1v) is 8.22. The maximum absolute atomic E-state index is 9.73. The smallest absolute Gasteiger partial charge is 0.0738 e. The zero-order chi connectivity index (χ0) is 15.4. The van der Waals surface area contributed by atoms with E-state index in [1.165, 1.54) is 16.8 Å². The Morgan fingerprint density at radius 2 is 2.05 bits per heavy atom. The van der Waals surface area contributed by atoms with Crippen molar-refractivity contribution in [2.45, 2.75) is 40.2 Å². The number of hydrogen-bond acceptors (Lipinski definition) is 2. The zero-order valence-corrected chi connectivity index (χ0v) is 14.5. The number of aromatic nitrogens is 2. The highest BCUT2D eigenvalue weighted by atomic mass is 79.9. The highest BCUT2D eigenvalue weighted by Gasteiger charge is 2.17. The van der Waals surface area contributed by atoms with Gasteiger partial charge in [-0.3, -0.25) is 4.68 Å². The maximum Gasteiger partial charge on any atom is 0.0738 e. The number of aryl methyl sites for hydroxylation is 3. The molecule has 2 rings (SSSR count). The van der Waals surface area contributed by atoms with Crippen molar-refractivity contribution >= 4 is 15.9 Å². The summed E-state index contributed by atoms with van der Waals surface area (Å²) >= 11 is 3.63. The van der Waals surface area contributed by atoms with Crippen LogP contribution in [0.2, 0.25) is 0 Å². The monoisotopic (exact) mass is 350 g/mol. The maximum atomic E-state index is 9.73. The molecule has 0 aliphatic carbocycles. The summed E-state index contributed by atoms with van der Waals surface area (Å²) in [6.07, 6.45) is 1.72. The summed E-state index contributed by atoms with van der Waals surface area (Å²) in [6, 6.07) is 8.51. The van der Waals surface area contributed by atoms with Gasteiger partial charge in [0.15, 0.2) is 0 Å². The van der Waals surface area contributed by atoms with Gasteiger partial charge in [0.25, 0.3) is 0 Å². The van der Waals surface area contributed by atoms with Crippen molar-refractivity contribution in [2.75, 3.05) is 6.61 Å². The second-order valence-electron chi connectivity index (χ2n) is 5.61. The van der Waals surface area contributed by atoms with Crippen LogP contribution in [-0.2, 0) is 19.4 Å². The van der Waals surface area contributed by atoms with Gasteiger partial charge in [-0.25, -0.2) is 0 Å². The number of aliphatic hydroxyl groups excluding tert-OH is 1. The Kier molecular flexibility index (Phi) is 5.59. The summed E-state index contributed by atoms with van der Waals surface area (Å²) in [4.78, 5) is 0. The molecule has 1 aromatic carbocycles. The minimum Gasteiger partial charge on any atom is -0.396 e. The lowest BCUT2D eigenvalue weighted by atomic mass is 9.94. The number of hydrogen-bond donors (Lipinski definition) is 1. The molecule has 1 atom stereocenters. The second kappa shape index (κ2) is 7.23. The summed E-state index contributed by atoms with van der Waals surface area (Å²) in [7, 11) is 0. The molecule has 1 unspecified atom stereocenters. The van der Waals surface area contributed by atoms with E-state index in [0.29, 0.717) is 0 Å². The molecule has 0 aliphatic rings. The van der Waals surface area contributed by atoms with Crippen LogP contribution in [0.25, 0.3) is 0 Å². The van der Waals surface area contributed by atoms with Gasteiger partial charge < -0.3 is 5.11 Å². The first-order valence-electron chi connectivity index (χ1n) is 7.43. The third-order valence-corrected chi connectivity index (χ3v) is 4.83. The molecule has 4 heteroatoms. The van der Waals surface area contributed by atoms with Gasteiger partial charge in [-0.1, -0.05) is 29.8 Å². The molecule has 0 bridgehead atoms. The van der Waals surface area contributed by atoms with Crippen LogP contribution in [0.1, 0.15) is 29.4 Å². The standard InChI is InChI=1S/C17H23BrN2O/c1-4-20-16(17(18)13(3)19-20)10-15(11-21)9-14-7-5-6-12(2)8-14/h5-8,15,21H,4,9-11H2,1-3H3. The third-order valence-electron chi connectivity index (χ3n) is 3.80. The molecule has 1 heterocycles. The molecule has 3 nitrogen and oxygen atoms in total. The Hall–Kier alpha value is -1.13. The number of halogens is 1. The van der Waals surface area contributed by atoms with Gasteiger partial charge in [0.1, 0.15) is 0 Å². The van der Waals surface area contributed by atoms with E-state index in [2.05, 4.69) is 59.1 Å². The minimum atomic E-state index is 0.189. The lowest BCUT2D eigenvalue weighted by Gasteiger charge is -2.16. The SMILES string of the molecule is CCn1nc(C)c(Br)c1CC(CO)Cc1cccc(C)c1. The molecule has 1 aromatic heterocycles. The Morgan fingerprint density at radius 1 is 1.29 bits per heavy atom. The van der Waals surface area contributed by atoms with Crippen LogP contribution in [0.5, 0.6) is 0 Å². The van der Waals surface area contributed by atoms with E-state index >= 15 is 0 Å². The largest absolute Gasteiger partial charge is 0.396 e. The van der Waals surface area contributed by atoms with Crippen molar-refractivity contribution in [3.63, 3.8) is 0 Å². The summed E-state index contributed by atoms with van der Waals surface area (Å²) in [5, 5.41) is 14.3. The van der Waals surface area contributed by atoms with Gasteiger partial charge in [-0.05, 0) is 61.0 Å². The Bertz CT molecular complexity index is 607. The number of rotatable bonds is 6. The molecule has 21 heavy (non-hydrogen) atoms. The van der Waals surface area contributed by atoms with Crippen LogP contribution in [0.4, 0.5) is 0 Å². The average Bonchev–Trinajstić information content (AvgIpc) is 2.74. The van der Waals surface area contributed by atoms with E-state index in [0.717, 1.165) is 29.6 Å². The van der Waals surface area contributed by atoms with Crippen molar-refractivity contribution in [3.8, 4) is 0 Å². The van der Waals surface area contributed by atoms with E-state index in [4.69, 9.17) is 0 Å². The van der Waals surface area contributed by atoms with E-state index in [-0.39, 0.29) is 12.5 Å². The van der Waals surface area contributed by atoms with E-state index in [1.807, 2.05) is 11.6 Å². The fraction of sp³-hybridized carbons (Fsp3) is 0.471. The molecule has 0 saturated carbocycles. The summed E-state index contributed by atoms with van der Waals surface area (Å²) < 4.78 is 3.10. The Balaban J connectivity index is 2.16. The molecular formula is C17H23BrN2O. The topological polar surface area (TPSA) is 38.0 Å². The molecule has 114 valence electrons. The average molecular weight is 351 g/mol. The number of aliphatic hydroxyl groups is 1. The van der Waals surface area contributed by atoms with Crippen molar-refractivity contribution < 1.29 is 5.11 Å². The molecular weight excluding hydrogens is 328 g/mol. The predicted molar refractivity (Wildman–Crippen MR) is 89.5 cm³/mol. The quantitative estimate of drug-likeness (QED) is 0.862. The van der Waals surface area contributed by atoms with Gasteiger partial charge >= 0.3 is 0 Å². The lowest BCUT2D eigenvalue weighted by molar-refractivity contribution is 0.222. The minimum absolute atomic E-state index is 0.189. The fourth-order valence-electron chi connectivity index (χ4n) is 2.71. The van der Waals surface area contributed by atoms with Crippen molar-refractivity contribution in [1.82, 2.24) is 9.78 Å². The van der Waals surface area contributed by atoms with Gasteiger partial charge in [0.2, 0.25) is 0 Å². The summed E-state index contributed by atoms with van der Waals surface area (Å²) in [5.74, 6) is 0.212. The van der Waals surface area contributed by atoms with Crippen LogP contribution in [0, 0.1) is 19.8 Å². The number of benzene rings is 1. The summed E-state index contributed by atoms with van der Waals surface area (Å²) in [6.45, 7) is 7.24. The molecule has 0 aliphatic heterocycles. The third kappa shape index (κ3) is 3.95. The van der Waals surface area contributed by atoms with Crippen molar-refractivity contribution in [1.29, 1.82) is 0 Å². The highest BCUT2D eigenvalue weighted by molar-refractivity contribution is 9.10. The van der Waals surface area contributed by atoms with E-state index in [9.17, 15) is 5.11 Å². The normalized spacial score (nSPS) is 12.6. The van der Waals surface area contributed by atoms with Crippen LogP contribution >= 0.6 is 15.9 Å². The lowest BCUT2D eigenvalue weighted by Crippen LogP contribution is -2.16. The van der Waals surface area contributed by atoms with Gasteiger partial charge in [0, 0.05) is 13.2 Å². The molecule has 0 radical (unpaired) electrons. The Morgan fingerprint density at radius 3 is 2.67 bits per heavy atom. The molecule has 2 aromatic rings. The Labute approximate surface area is 135 Å². The van der Waals surface area contributed by atoms with Gasteiger partial charge in [-0.2, -0.15) is 5.10 Å². The molecule has 0 amide bonds. The van der Waals surface area contributed by atoms with E-state index < -0.39 is 0 Å². The second-order valence-corrected chi connectivity index (χ2v) is 6.40. The first kappa shape index (κ1) is 16.2. The van der Waals surface area contributed by atoms with Crippen LogP contribution in [-0.4, -0.2) is 21.5 Å². The van der Waals surface area contributed by atoms with Crippen molar-refractivity contribution in [3.05, 3.63) is 51.3 Å². The molecule has 1 N–H and O–H groups in total. The van der Waals surface area contributed by atoms with Crippen LogP contribution in [0.3, 0.4) is 0 Å². The van der Waals surface area contributed by atoms with Crippen LogP contribution < -0.4 is 0 Å². The van der Waals surface area contributed by atoms with Gasteiger partial charge in [-0.15, -0.1) is 0 Å². The number of nitrogens with zero attached hydrogens (tertiary/aromatic N) is 2. The predicted octanol–water partition coefficient (Wildman–Crippen LogP) is 3.68. The van der Waals surface area contributed by atoms with Crippen LogP contribution in [0.15, 0.2) is 28.7 Å².